The van der Waals surface area contributed by atoms with Crippen LogP contribution in [0.15, 0.2) is 67.4 Å². The van der Waals surface area contributed by atoms with Crippen LogP contribution in [0.1, 0.15) is 5.56 Å². The van der Waals surface area contributed by atoms with Gasteiger partial charge in [-0.15, -0.1) is 0 Å². The molecule has 1 heterocycles. The molecule has 110 valence electrons. The summed E-state index contributed by atoms with van der Waals surface area (Å²) in [5.41, 5.74) is 1.77. The Hall–Kier alpha value is -1.37. The zero-order valence-corrected chi connectivity index (χ0v) is 15.2. The maximum atomic E-state index is 12.0. The summed E-state index contributed by atoms with van der Waals surface area (Å²) in [5, 5.41) is 3.38. The number of rotatable bonds is 2. The van der Waals surface area contributed by atoms with Crippen LogP contribution in [-0.2, 0) is 4.79 Å². The molecule has 1 fully saturated rings. The molecule has 22 heavy (non-hydrogen) atoms. The van der Waals surface area contributed by atoms with Gasteiger partial charge in [-0.25, -0.2) is 4.99 Å². The van der Waals surface area contributed by atoms with Crippen molar-refractivity contribution in [2.75, 3.05) is 0 Å². The molecule has 1 amide bonds. The van der Waals surface area contributed by atoms with Crippen LogP contribution in [0.5, 0.6) is 0 Å². The maximum absolute atomic E-state index is 12.0. The van der Waals surface area contributed by atoms with Gasteiger partial charge in [0, 0.05) is 8.95 Å². The third-order valence-electron chi connectivity index (χ3n) is 2.85. The summed E-state index contributed by atoms with van der Waals surface area (Å²) in [7, 11) is 0. The first-order chi connectivity index (χ1) is 10.6. The summed E-state index contributed by atoms with van der Waals surface area (Å²) < 4.78 is 1.98. The van der Waals surface area contributed by atoms with Crippen LogP contribution in [0.2, 0.25) is 0 Å². The van der Waals surface area contributed by atoms with Gasteiger partial charge in [0.05, 0.1) is 10.6 Å². The predicted octanol–water partition coefficient (Wildman–Crippen LogP) is 5.10. The lowest BCUT2D eigenvalue weighted by molar-refractivity contribution is -0.115. The van der Waals surface area contributed by atoms with Gasteiger partial charge in [-0.05, 0) is 59.8 Å². The Kier molecular flexibility index (Phi) is 4.81. The number of hydrogen-bond donors (Lipinski definition) is 1. The van der Waals surface area contributed by atoms with Gasteiger partial charge < -0.3 is 5.32 Å². The highest BCUT2D eigenvalue weighted by Crippen LogP contribution is 2.28. The van der Waals surface area contributed by atoms with E-state index in [2.05, 4.69) is 42.2 Å². The minimum Gasteiger partial charge on any atom is -0.300 e. The van der Waals surface area contributed by atoms with E-state index in [1.165, 1.54) is 11.8 Å². The monoisotopic (exact) mass is 436 g/mol. The maximum Gasteiger partial charge on any atom is 0.264 e. The Morgan fingerprint density at radius 1 is 1.05 bits per heavy atom. The van der Waals surface area contributed by atoms with E-state index in [-0.39, 0.29) is 5.91 Å². The van der Waals surface area contributed by atoms with E-state index >= 15 is 0 Å². The first kappa shape index (κ1) is 15.5. The van der Waals surface area contributed by atoms with E-state index in [0.29, 0.717) is 10.1 Å². The number of carbonyl (C=O) groups excluding carboxylic acids is 1. The number of nitrogens with one attached hydrogen (secondary N) is 1. The van der Waals surface area contributed by atoms with Crippen LogP contribution in [0.4, 0.5) is 5.69 Å². The number of hydrogen-bond acceptors (Lipinski definition) is 3. The van der Waals surface area contributed by atoms with Crippen molar-refractivity contribution in [3.8, 4) is 0 Å². The Morgan fingerprint density at radius 2 is 1.82 bits per heavy atom. The lowest BCUT2D eigenvalue weighted by Gasteiger charge is -1.96. The van der Waals surface area contributed by atoms with Crippen molar-refractivity contribution in [1.82, 2.24) is 5.32 Å². The number of amides is 1. The molecule has 1 saturated heterocycles. The average molecular weight is 438 g/mol. The van der Waals surface area contributed by atoms with Crippen LogP contribution in [0.3, 0.4) is 0 Å². The summed E-state index contributed by atoms with van der Waals surface area (Å²) in [4.78, 5) is 17.1. The van der Waals surface area contributed by atoms with Gasteiger partial charge in [-0.3, -0.25) is 4.79 Å². The zero-order chi connectivity index (χ0) is 15.5. The molecule has 0 aromatic heterocycles. The molecular formula is C16H10Br2N2OS. The van der Waals surface area contributed by atoms with Crippen LogP contribution in [0.25, 0.3) is 6.08 Å². The minimum atomic E-state index is -0.124. The Morgan fingerprint density at radius 3 is 2.55 bits per heavy atom. The number of thioether (sulfide) groups is 1. The zero-order valence-electron chi connectivity index (χ0n) is 11.2. The van der Waals surface area contributed by atoms with Gasteiger partial charge in [0.15, 0.2) is 5.17 Å². The van der Waals surface area contributed by atoms with Crippen molar-refractivity contribution in [3.63, 3.8) is 0 Å². The first-order valence-corrected chi connectivity index (χ1v) is 8.81. The normalized spacial score (nSPS) is 18.0. The molecule has 0 unspecified atom stereocenters. The third-order valence-corrected chi connectivity index (χ3v) is 4.79. The number of benzene rings is 2. The number of carbonyl (C=O) groups is 1. The highest BCUT2D eigenvalue weighted by molar-refractivity contribution is 9.10. The summed E-state index contributed by atoms with van der Waals surface area (Å²) in [6.45, 7) is 0. The fraction of sp³-hybridized carbons (Fsp3) is 0. The van der Waals surface area contributed by atoms with Crippen LogP contribution < -0.4 is 5.32 Å². The fourth-order valence-electron chi connectivity index (χ4n) is 1.86. The lowest BCUT2D eigenvalue weighted by Crippen LogP contribution is -2.19. The molecule has 0 atom stereocenters. The highest BCUT2D eigenvalue weighted by Gasteiger charge is 2.23. The summed E-state index contributed by atoms with van der Waals surface area (Å²) in [6, 6.07) is 15.4. The fourth-order valence-corrected chi connectivity index (χ4v) is 3.38. The average Bonchev–Trinajstić information content (AvgIpc) is 2.81. The van der Waals surface area contributed by atoms with Crippen molar-refractivity contribution in [2.24, 2.45) is 4.99 Å². The van der Waals surface area contributed by atoms with E-state index in [4.69, 9.17) is 0 Å². The molecule has 3 rings (SSSR count). The second-order valence-electron chi connectivity index (χ2n) is 4.51. The third kappa shape index (κ3) is 3.88. The molecule has 0 radical (unpaired) electrons. The van der Waals surface area contributed by atoms with Gasteiger partial charge in [-0.2, -0.15) is 0 Å². The molecule has 1 aliphatic rings. The highest BCUT2D eigenvalue weighted by atomic mass is 79.9. The first-order valence-electron chi connectivity index (χ1n) is 6.41. The number of amidine groups is 1. The van der Waals surface area contributed by atoms with E-state index in [1.54, 1.807) is 0 Å². The van der Waals surface area contributed by atoms with Gasteiger partial charge in [0.2, 0.25) is 0 Å². The number of aliphatic imine (C=N–C) groups is 1. The van der Waals surface area contributed by atoms with Crippen molar-refractivity contribution in [1.29, 1.82) is 0 Å². The minimum absolute atomic E-state index is 0.124. The van der Waals surface area contributed by atoms with E-state index in [1.807, 2.05) is 54.6 Å². The molecule has 0 spiro atoms. The van der Waals surface area contributed by atoms with Gasteiger partial charge in [0.25, 0.3) is 5.91 Å². The smallest absolute Gasteiger partial charge is 0.264 e. The Bertz CT molecular complexity index is 785. The largest absolute Gasteiger partial charge is 0.300 e. The van der Waals surface area contributed by atoms with Crippen molar-refractivity contribution < 1.29 is 4.79 Å². The lowest BCUT2D eigenvalue weighted by atomic mass is 10.2. The number of nitrogens with zero attached hydrogens (tertiary/aromatic N) is 1. The summed E-state index contributed by atoms with van der Waals surface area (Å²) in [5.74, 6) is -0.124. The molecule has 3 nitrogen and oxygen atoms in total. The quantitative estimate of drug-likeness (QED) is 0.663. The second kappa shape index (κ2) is 6.81. The van der Waals surface area contributed by atoms with Crippen LogP contribution in [-0.4, -0.2) is 11.1 Å². The van der Waals surface area contributed by atoms with Crippen LogP contribution in [0, 0.1) is 0 Å². The SMILES string of the molecule is O=C1NC(=Nc2ccc(Br)cc2)S/C1=C/c1cccc(Br)c1. The number of halogens is 2. The molecule has 0 aliphatic carbocycles. The molecular weight excluding hydrogens is 428 g/mol. The van der Waals surface area contributed by atoms with Crippen molar-refractivity contribution in [2.45, 2.75) is 0 Å². The van der Waals surface area contributed by atoms with Crippen molar-refractivity contribution in [3.05, 3.63) is 67.9 Å². The van der Waals surface area contributed by atoms with E-state index in [9.17, 15) is 4.79 Å². The molecule has 0 saturated carbocycles. The van der Waals surface area contributed by atoms with E-state index < -0.39 is 0 Å². The molecule has 1 N–H and O–H groups in total. The molecule has 6 heteroatoms. The predicted molar refractivity (Wildman–Crippen MR) is 99.1 cm³/mol. The summed E-state index contributed by atoms with van der Waals surface area (Å²) in [6.07, 6.45) is 1.86. The standard InChI is InChI=1S/C16H10Br2N2OS/c17-11-4-6-13(7-5-11)19-16-20-15(21)14(22-16)9-10-2-1-3-12(18)8-10/h1-9H,(H,19,20,21)/b14-9+. The molecule has 2 aromatic rings. The second-order valence-corrected chi connectivity index (χ2v) is 7.38. The van der Waals surface area contributed by atoms with Gasteiger partial charge >= 0.3 is 0 Å². The Labute approximate surface area is 149 Å². The molecule has 0 bridgehead atoms. The van der Waals surface area contributed by atoms with E-state index in [0.717, 1.165) is 20.2 Å². The van der Waals surface area contributed by atoms with Crippen molar-refractivity contribution >= 4 is 66.5 Å². The molecule has 1 aliphatic heterocycles. The topological polar surface area (TPSA) is 41.5 Å². The summed E-state index contributed by atoms with van der Waals surface area (Å²) >= 11 is 8.15. The molecule has 2 aromatic carbocycles. The van der Waals surface area contributed by atoms with Gasteiger partial charge in [0.1, 0.15) is 0 Å². The Balaban J connectivity index is 1.82. The van der Waals surface area contributed by atoms with Crippen LogP contribution >= 0.6 is 43.6 Å². The van der Waals surface area contributed by atoms with Gasteiger partial charge in [-0.1, -0.05) is 44.0 Å².